The number of nitrogens with one attached hydrogen (secondary N) is 1. The van der Waals surface area contributed by atoms with E-state index in [4.69, 9.17) is 14.9 Å². The highest BCUT2D eigenvalue weighted by atomic mass is 16.5. The molecule has 0 unspecified atom stereocenters. The van der Waals surface area contributed by atoms with E-state index < -0.39 is 0 Å². The highest BCUT2D eigenvalue weighted by Gasteiger charge is 2.22. The summed E-state index contributed by atoms with van der Waals surface area (Å²) in [5.41, 5.74) is 0.986. The van der Waals surface area contributed by atoms with Crippen molar-refractivity contribution >= 4 is 12.0 Å². The van der Waals surface area contributed by atoms with Gasteiger partial charge >= 0.3 is 0 Å². The molecule has 3 nitrogen and oxygen atoms in total. The maximum Gasteiger partial charge on any atom is 0.191 e. The van der Waals surface area contributed by atoms with E-state index in [0.717, 1.165) is 11.3 Å². The Hall–Kier alpha value is -2.03. The fraction of sp³-hybridized carbons (Fsp3) is 0.0833. The first kappa shape index (κ1) is 8.29. The smallest absolute Gasteiger partial charge is 0.191 e. The van der Waals surface area contributed by atoms with Gasteiger partial charge in [-0.15, -0.1) is 0 Å². The molecule has 0 spiro atoms. The van der Waals surface area contributed by atoms with Crippen LogP contribution in [0, 0.1) is 5.41 Å². The highest BCUT2D eigenvalue weighted by Crippen LogP contribution is 2.33. The van der Waals surface area contributed by atoms with Crippen LogP contribution < -0.4 is 4.74 Å². The first-order valence-electron chi connectivity index (χ1n) is 4.77. The van der Waals surface area contributed by atoms with Crippen LogP contribution in [0.2, 0.25) is 0 Å². The summed E-state index contributed by atoms with van der Waals surface area (Å²) in [6.45, 7) is 0. The second-order valence-corrected chi connectivity index (χ2v) is 3.45. The van der Waals surface area contributed by atoms with Crippen molar-refractivity contribution in [1.82, 2.24) is 0 Å². The third-order valence-corrected chi connectivity index (χ3v) is 2.37. The molecule has 0 amide bonds. The van der Waals surface area contributed by atoms with Crippen LogP contribution in [-0.4, -0.2) is 5.90 Å². The normalized spacial score (nSPS) is 17.7. The Kier molecular flexibility index (Phi) is 1.65. The largest absolute Gasteiger partial charge is 0.453 e. The first-order valence-corrected chi connectivity index (χ1v) is 4.77. The summed E-state index contributed by atoms with van der Waals surface area (Å²) in [4.78, 5) is 0. The van der Waals surface area contributed by atoms with Gasteiger partial charge in [-0.25, -0.2) is 0 Å². The number of ether oxygens (including phenoxy) is 2. The lowest BCUT2D eigenvalue weighted by Gasteiger charge is -2.23. The number of hydrogen-bond donors (Lipinski definition) is 1. The predicted molar refractivity (Wildman–Crippen MR) is 56.6 cm³/mol. The molecule has 0 fully saturated rings. The molecule has 2 aliphatic heterocycles. The van der Waals surface area contributed by atoms with Gasteiger partial charge in [0.15, 0.2) is 17.4 Å². The zero-order chi connectivity index (χ0) is 10.3. The van der Waals surface area contributed by atoms with Gasteiger partial charge < -0.3 is 9.47 Å². The quantitative estimate of drug-likeness (QED) is 0.698. The monoisotopic (exact) mass is 199 g/mol. The van der Waals surface area contributed by atoms with E-state index in [2.05, 4.69) is 0 Å². The number of benzene rings is 1. The molecule has 15 heavy (non-hydrogen) atoms. The van der Waals surface area contributed by atoms with Crippen molar-refractivity contribution in [2.75, 3.05) is 0 Å². The lowest BCUT2D eigenvalue weighted by Crippen LogP contribution is -2.16. The fourth-order valence-electron chi connectivity index (χ4n) is 1.66. The molecule has 1 aromatic rings. The molecule has 0 atom stereocenters. The van der Waals surface area contributed by atoms with Gasteiger partial charge in [0, 0.05) is 12.0 Å². The summed E-state index contributed by atoms with van der Waals surface area (Å²) < 4.78 is 11.0. The zero-order valence-corrected chi connectivity index (χ0v) is 7.99. The topological polar surface area (TPSA) is 42.3 Å². The van der Waals surface area contributed by atoms with E-state index in [-0.39, 0.29) is 5.90 Å². The third kappa shape index (κ3) is 1.32. The summed E-state index contributed by atoms with van der Waals surface area (Å²) in [6.07, 6.45) is 4.26. The maximum absolute atomic E-state index is 7.43. The Morgan fingerprint density at radius 2 is 1.93 bits per heavy atom. The van der Waals surface area contributed by atoms with E-state index in [9.17, 15) is 0 Å². The van der Waals surface area contributed by atoms with E-state index >= 15 is 0 Å². The van der Waals surface area contributed by atoms with E-state index in [1.54, 1.807) is 0 Å². The standard InChI is InChI=1S/C12H9NO2/c13-12-6-5-10-11(15-12)7-8-3-1-2-4-9(8)14-10/h1-5,7,13H,6H2. The van der Waals surface area contributed by atoms with Crippen LogP contribution in [-0.2, 0) is 4.74 Å². The van der Waals surface area contributed by atoms with Crippen molar-refractivity contribution in [2.24, 2.45) is 0 Å². The zero-order valence-electron chi connectivity index (χ0n) is 7.99. The highest BCUT2D eigenvalue weighted by molar-refractivity contribution is 5.80. The maximum atomic E-state index is 7.43. The average Bonchev–Trinajstić information content (AvgIpc) is 2.26. The summed E-state index contributed by atoms with van der Waals surface area (Å²) in [6, 6.07) is 7.76. The Morgan fingerprint density at radius 1 is 1.07 bits per heavy atom. The van der Waals surface area contributed by atoms with Crippen LogP contribution in [0.25, 0.3) is 6.08 Å². The molecule has 0 aromatic heterocycles. The molecule has 0 saturated heterocycles. The SMILES string of the molecule is N=C1CC=C2Oc3ccccc3C=C2O1. The molecule has 1 N–H and O–H groups in total. The van der Waals surface area contributed by atoms with Crippen molar-refractivity contribution in [3.63, 3.8) is 0 Å². The minimum absolute atomic E-state index is 0.257. The molecule has 3 heteroatoms. The van der Waals surface area contributed by atoms with Crippen molar-refractivity contribution < 1.29 is 9.47 Å². The third-order valence-electron chi connectivity index (χ3n) is 2.37. The molecule has 2 aliphatic rings. The van der Waals surface area contributed by atoms with Crippen LogP contribution >= 0.6 is 0 Å². The Labute approximate surface area is 87.1 Å². The Bertz CT molecular complexity index is 500. The number of rotatable bonds is 0. The average molecular weight is 199 g/mol. The van der Waals surface area contributed by atoms with Gasteiger partial charge in [-0.1, -0.05) is 18.2 Å². The molecule has 0 saturated carbocycles. The molecule has 1 aromatic carbocycles. The van der Waals surface area contributed by atoms with Crippen LogP contribution in [0.4, 0.5) is 0 Å². The molecule has 3 rings (SSSR count). The van der Waals surface area contributed by atoms with Gasteiger partial charge in [0.1, 0.15) is 5.75 Å². The molecule has 2 heterocycles. The summed E-state index contributed by atoms with van der Waals surface area (Å²) in [7, 11) is 0. The van der Waals surface area contributed by atoms with Crippen molar-refractivity contribution in [3.05, 3.63) is 47.4 Å². The molecular weight excluding hydrogens is 190 g/mol. The first-order chi connectivity index (χ1) is 7.33. The van der Waals surface area contributed by atoms with Gasteiger partial charge in [0.2, 0.25) is 0 Å². The minimum Gasteiger partial charge on any atom is -0.453 e. The van der Waals surface area contributed by atoms with Crippen molar-refractivity contribution in [2.45, 2.75) is 6.42 Å². The van der Waals surface area contributed by atoms with Gasteiger partial charge in [0.25, 0.3) is 0 Å². The van der Waals surface area contributed by atoms with Crippen molar-refractivity contribution in [1.29, 1.82) is 5.41 Å². The van der Waals surface area contributed by atoms with Crippen LogP contribution in [0.1, 0.15) is 12.0 Å². The number of fused-ring (bicyclic) bond motifs is 2. The molecular formula is C12H9NO2. The fourth-order valence-corrected chi connectivity index (χ4v) is 1.66. The van der Waals surface area contributed by atoms with Gasteiger partial charge in [-0.2, -0.15) is 0 Å². The van der Waals surface area contributed by atoms with Crippen molar-refractivity contribution in [3.8, 4) is 5.75 Å². The lowest BCUT2D eigenvalue weighted by molar-refractivity contribution is 0.321. The summed E-state index contributed by atoms with van der Waals surface area (Å²) in [5.74, 6) is 2.44. The van der Waals surface area contributed by atoms with E-state index in [1.165, 1.54) is 0 Å². The molecule has 0 radical (unpaired) electrons. The number of para-hydroxylation sites is 1. The van der Waals surface area contributed by atoms with Gasteiger partial charge in [-0.05, 0) is 18.2 Å². The Morgan fingerprint density at radius 3 is 2.87 bits per heavy atom. The minimum atomic E-state index is 0.257. The van der Waals surface area contributed by atoms with Gasteiger partial charge in [-0.3, -0.25) is 5.41 Å². The second-order valence-electron chi connectivity index (χ2n) is 3.45. The van der Waals surface area contributed by atoms with E-state index in [1.807, 2.05) is 36.4 Å². The lowest BCUT2D eigenvalue weighted by atomic mass is 10.1. The van der Waals surface area contributed by atoms with E-state index in [0.29, 0.717) is 17.9 Å². The van der Waals surface area contributed by atoms with Crippen LogP contribution in [0.3, 0.4) is 0 Å². The summed E-state index contributed by atoms with van der Waals surface area (Å²) in [5, 5.41) is 7.43. The molecule has 74 valence electrons. The predicted octanol–water partition coefficient (Wildman–Crippen LogP) is 2.70. The second kappa shape index (κ2) is 2.98. The van der Waals surface area contributed by atoms with Crippen LogP contribution in [0.15, 0.2) is 41.9 Å². The molecule has 0 aliphatic carbocycles. The van der Waals surface area contributed by atoms with Crippen LogP contribution in [0.5, 0.6) is 5.75 Å². The molecule has 0 bridgehead atoms. The summed E-state index contributed by atoms with van der Waals surface area (Å²) >= 11 is 0. The number of hydrogen-bond acceptors (Lipinski definition) is 3. The Balaban J connectivity index is 2.11. The van der Waals surface area contributed by atoms with Gasteiger partial charge in [0.05, 0.1) is 0 Å².